The third-order valence-corrected chi connectivity index (χ3v) is 10.7. The van der Waals surface area contributed by atoms with Gasteiger partial charge < -0.3 is 0 Å². The van der Waals surface area contributed by atoms with Crippen LogP contribution >= 0.6 is 0 Å². The van der Waals surface area contributed by atoms with Gasteiger partial charge in [0.25, 0.3) is 0 Å². The monoisotopic (exact) mass is 646 g/mol. The summed E-state index contributed by atoms with van der Waals surface area (Å²) in [5, 5.41) is 11.2. The van der Waals surface area contributed by atoms with E-state index in [0.29, 0.717) is 0 Å². The lowest BCUT2D eigenvalue weighted by molar-refractivity contribution is 1.31. The zero-order chi connectivity index (χ0) is 33.5. The molecule has 0 aliphatic heterocycles. The lowest BCUT2D eigenvalue weighted by atomic mass is 9.85. The highest BCUT2D eigenvalue weighted by atomic mass is 15.0. The van der Waals surface area contributed by atoms with Crippen molar-refractivity contribution in [3.05, 3.63) is 182 Å². The summed E-state index contributed by atoms with van der Waals surface area (Å²) in [6.07, 6.45) is 0. The molecule has 0 bridgehead atoms. The Hall–Kier alpha value is -6.77. The number of imidazole rings is 1. The molecule has 0 fully saturated rings. The highest BCUT2D eigenvalue weighted by Gasteiger charge is 2.18. The summed E-state index contributed by atoms with van der Waals surface area (Å²) in [5.74, 6) is 0. The minimum Gasteiger partial charge on any atom is -0.292 e. The van der Waals surface area contributed by atoms with Crippen LogP contribution in [0.2, 0.25) is 0 Å². The zero-order valence-electron chi connectivity index (χ0n) is 27.7. The summed E-state index contributed by atoms with van der Waals surface area (Å²) >= 11 is 0. The summed E-state index contributed by atoms with van der Waals surface area (Å²) in [6, 6.07) is 66.4. The van der Waals surface area contributed by atoms with Gasteiger partial charge in [-0.2, -0.15) is 0 Å². The van der Waals surface area contributed by atoms with Crippen LogP contribution in [0.4, 0.5) is 0 Å². The van der Waals surface area contributed by atoms with Gasteiger partial charge in [0, 0.05) is 10.8 Å². The number of benzene rings is 9. The van der Waals surface area contributed by atoms with Crippen molar-refractivity contribution in [3.8, 4) is 33.4 Å². The standard InChI is InChI=1S/C49H30N2/c1-2-13-32-28-36(25-24-31(32)12-1)48-40-19-5-3-17-38(40)47(39-18-4-6-20-41(39)48)35-15-11-14-33(29-35)34-26-27-42-43(30-34)37-16-7-9-22-45(37)51-46-23-10-8-21-44(46)50-49(42)51/h1-30H. The quantitative estimate of drug-likeness (QED) is 0.138. The number of pyridine rings is 1. The SMILES string of the molecule is c1cc(-c2ccc3c(c2)c2ccccc2n2c4ccccc4nc32)cc(-c2c3ccccc3c(-c3ccc4ccccc4c3)c3ccccc23)c1. The van der Waals surface area contributed by atoms with Crippen molar-refractivity contribution >= 4 is 70.7 Å². The molecule has 0 radical (unpaired) electrons. The largest absolute Gasteiger partial charge is 0.292 e. The lowest BCUT2D eigenvalue weighted by Gasteiger charge is -2.18. The number of hydrogen-bond acceptors (Lipinski definition) is 1. The first kappa shape index (κ1) is 28.1. The molecule has 11 rings (SSSR count). The highest BCUT2D eigenvalue weighted by Crippen LogP contribution is 2.45. The van der Waals surface area contributed by atoms with Gasteiger partial charge in [-0.1, -0.05) is 140 Å². The molecule has 0 aliphatic rings. The molecule has 0 saturated heterocycles. The van der Waals surface area contributed by atoms with Crippen molar-refractivity contribution in [3.63, 3.8) is 0 Å². The van der Waals surface area contributed by atoms with Gasteiger partial charge in [-0.3, -0.25) is 4.40 Å². The molecule has 0 aliphatic carbocycles. The van der Waals surface area contributed by atoms with Gasteiger partial charge >= 0.3 is 0 Å². The van der Waals surface area contributed by atoms with Gasteiger partial charge in [-0.25, -0.2) is 4.98 Å². The molecule has 2 nitrogen and oxygen atoms in total. The van der Waals surface area contributed by atoms with Crippen LogP contribution < -0.4 is 0 Å². The van der Waals surface area contributed by atoms with Crippen LogP contribution in [0.15, 0.2) is 182 Å². The number of aromatic nitrogens is 2. The van der Waals surface area contributed by atoms with Crippen molar-refractivity contribution in [2.24, 2.45) is 0 Å². The number of nitrogens with zero attached hydrogens (tertiary/aromatic N) is 2. The molecule has 0 saturated carbocycles. The van der Waals surface area contributed by atoms with Crippen LogP contribution in [0.3, 0.4) is 0 Å². The Morgan fingerprint density at radius 2 is 0.863 bits per heavy atom. The van der Waals surface area contributed by atoms with E-state index < -0.39 is 0 Å². The Morgan fingerprint density at radius 1 is 0.314 bits per heavy atom. The number of para-hydroxylation sites is 3. The Balaban J connectivity index is 1.13. The van der Waals surface area contributed by atoms with Crippen molar-refractivity contribution in [1.82, 2.24) is 9.38 Å². The molecule has 51 heavy (non-hydrogen) atoms. The minimum atomic E-state index is 0.995. The van der Waals surface area contributed by atoms with Crippen molar-refractivity contribution in [1.29, 1.82) is 0 Å². The smallest absolute Gasteiger partial charge is 0.146 e. The number of hydrogen-bond donors (Lipinski definition) is 0. The molecule has 0 spiro atoms. The maximum Gasteiger partial charge on any atom is 0.146 e. The fraction of sp³-hybridized carbons (Fsp3) is 0. The molecule has 0 N–H and O–H groups in total. The molecule has 2 heteroatoms. The molecular formula is C49H30N2. The third-order valence-electron chi connectivity index (χ3n) is 10.7. The van der Waals surface area contributed by atoms with E-state index in [4.69, 9.17) is 4.98 Å². The van der Waals surface area contributed by atoms with Gasteiger partial charge in [0.1, 0.15) is 5.65 Å². The Labute approximate surface area is 294 Å². The van der Waals surface area contributed by atoms with Crippen LogP contribution in [0, 0.1) is 0 Å². The van der Waals surface area contributed by atoms with E-state index in [-0.39, 0.29) is 0 Å². The average molecular weight is 647 g/mol. The third kappa shape index (κ3) is 4.20. The summed E-state index contributed by atoms with van der Waals surface area (Å²) in [7, 11) is 0. The van der Waals surface area contributed by atoms with E-state index in [1.807, 2.05) is 0 Å². The summed E-state index contributed by atoms with van der Waals surface area (Å²) in [5.41, 5.74) is 11.7. The number of fused-ring (bicyclic) bond motifs is 11. The van der Waals surface area contributed by atoms with Gasteiger partial charge in [0.15, 0.2) is 0 Å². The minimum absolute atomic E-state index is 0.995. The van der Waals surface area contributed by atoms with E-state index in [1.54, 1.807) is 0 Å². The number of rotatable bonds is 3. The van der Waals surface area contributed by atoms with Crippen molar-refractivity contribution < 1.29 is 0 Å². The predicted molar refractivity (Wildman–Crippen MR) is 217 cm³/mol. The molecular weight excluding hydrogens is 617 g/mol. The van der Waals surface area contributed by atoms with Gasteiger partial charge in [-0.15, -0.1) is 0 Å². The topological polar surface area (TPSA) is 17.3 Å². The summed E-state index contributed by atoms with van der Waals surface area (Å²) in [4.78, 5) is 5.11. The fourth-order valence-corrected chi connectivity index (χ4v) is 8.44. The van der Waals surface area contributed by atoms with Crippen molar-refractivity contribution in [2.75, 3.05) is 0 Å². The van der Waals surface area contributed by atoms with E-state index in [0.717, 1.165) is 22.1 Å². The highest BCUT2D eigenvalue weighted by molar-refractivity contribution is 6.22. The zero-order valence-corrected chi connectivity index (χ0v) is 27.7. The van der Waals surface area contributed by atoms with E-state index in [9.17, 15) is 0 Å². The fourth-order valence-electron chi connectivity index (χ4n) is 8.44. The first-order chi connectivity index (χ1) is 25.3. The van der Waals surface area contributed by atoms with E-state index >= 15 is 0 Å². The lowest BCUT2D eigenvalue weighted by Crippen LogP contribution is -1.92. The van der Waals surface area contributed by atoms with Crippen LogP contribution in [0.5, 0.6) is 0 Å². The van der Waals surface area contributed by atoms with Gasteiger partial charge in [-0.05, 0) is 114 Å². The Morgan fingerprint density at radius 3 is 1.61 bits per heavy atom. The van der Waals surface area contributed by atoms with Gasteiger partial charge in [0.05, 0.1) is 16.6 Å². The molecule has 9 aromatic carbocycles. The van der Waals surface area contributed by atoms with E-state index in [1.165, 1.54) is 82.0 Å². The molecule has 0 atom stereocenters. The van der Waals surface area contributed by atoms with E-state index in [2.05, 4.69) is 186 Å². The van der Waals surface area contributed by atoms with Crippen LogP contribution in [0.25, 0.3) is 104 Å². The average Bonchev–Trinajstić information content (AvgIpc) is 3.60. The van der Waals surface area contributed by atoms with Crippen LogP contribution in [-0.2, 0) is 0 Å². The maximum atomic E-state index is 5.11. The maximum absolute atomic E-state index is 5.11. The Bertz CT molecular complexity index is 3150. The molecule has 236 valence electrons. The summed E-state index contributed by atoms with van der Waals surface area (Å²) < 4.78 is 2.31. The first-order valence-electron chi connectivity index (χ1n) is 17.6. The van der Waals surface area contributed by atoms with Crippen LogP contribution in [0.1, 0.15) is 0 Å². The van der Waals surface area contributed by atoms with Crippen molar-refractivity contribution in [2.45, 2.75) is 0 Å². The molecule has 0 amide bonds. The summed E-state index contributed by atoms with van der Waals surface area (Å²) in [6.45, 7) is 0. The van der Waals surface area contributed by atoms with Gasteiger partial charge in [0.2, 0.25) is 0 Å². The second-order valence-electron chi connectivity index (χ2n) is 13.5. The Kier molecular flexibility index (Phi) is 5.99. The predicted octanol–water partition coefficient (Wildman–Crippen LogP) is 13.3. The second-order valence-corrected chi connectivity index (χ2v) is 13.5. The molecule has 2 aromatic heterocycles. The first-order valence-corrected chi connectivity index (χ1v) is 17.6. The van der Waals surface area contributed by atoms with Crippen LogP contribution in [-0.4, -0.2) is 9.38 Å². The molecule has 0 unspecified atom stereocenters. The normalized spacial score (nSPS) is 11.9. The second kappa shape index (κ2) is 10.9. The molecule has 2 heterocycles. The molecule has 11 aromatic rings.